The lowest BCUT2D eigenvalue weighted by atomic mass is 10.1. The molecule has 2 rings (SSSR count). The van der Waals surface area contributed by atoms with Crippen LogP contribution in [0.25, 0.3) is 0 Å². The number of nitrogens with zero attached hydrogens (tertiary/aromatic N) is 4. The van der Waals surface area contributed by atoms with E-state index < -0.39 is 21.2 Å². The zero-order valence-corrected chi connectivity index (χ0v) is 12.3. The van der Waals surface area contributed by atoms with E-state index in [9.17, 15) is 17.9 Å². The quantitative estimate of drug-likeness (QED) is 0.665. The molecule has 21 heavy (non-hydrogen) atoms. The molecule has 8 nitrogen and oxygen atoms in total. The van der Waals surface area contributed by atoms with Crippen LogP contribution in [-0.4, -0.2) is 27.9 Å². The predicted octanol–water partition coefficient (Wildman–Crippen LogP) is 2.55. The highest BCUT2D eigenvalue weighted by Crippen LogP contribution is 2.34. The number of halogens is 2. The third kappa shape index (κ3) is 3.50. The maximum Gasteiger partial charge on any atom is 0.279 e. The van der Waals surface area contributed by atoms with Gasteiger partial charge < -0.3 is 0 Å². The van der Waals surface area contributed by atoms with Gasteiger partial charge in [-0.15, -0.1) is 4.91 Å². The molecule has 0 fully saturated rings. The van der Waals surface area contributed by atoms with Gasteiger partial charge in [-0.1, -0.05) is 18.2 Å². The summed E-state index contributed by atoms with van der Waals surface area (Å²) < 4.78 is 32.7. The number of benzene rings is 1. The minimum absolute atomic E-state index is 0.103. The average Bonchev–Trinajstić information content (AvgIpc) is 2.36. The van der Waals surface area contributed by atoms with Crippen molar-refractivity contribution in [3.63, 3.8) is 0 Å². The van der Waals surface area contributed by atoms with Gasteiger partial charge in [0.15, 0.2) is 11.1 Å². The zero-order chi connectivity index (χ0) is 15.6. The van der Waals surface area contributed by atoms with E-state index in [0.29, 0.717) is 0 Å². The summed E-state index contributed by atoms with van der Waals surface area (Å²) in [5.74, 6) is -0.418. The summed E-state index contributed by atoms with van der Waals surface area (Å²) in [6.07, 6.45) is 0. The summed E-state index contributed by atoms with van der Waals surface area (Å²) in [5, 5.41) is 0.249. The van der Waals surface area contributed by atoms with Crippen LogP contribution >= 0.6 is 23.2 Å². The molecule has 0 radical (unpaired) electrons. The number of hydrogen-bond donors (Lipinski definition) is 1. The van der Waals surface area contributed by atoms with Crippen LogP contribution in [0.2, 0.25) is 10.6 Å². The maximum atomic E-state index is 11.6. The summed E-state index contributed by atoms with van der Waals surface area (Å²) in [6, 6.07) is 5.52. The van der Waals surface area contributed by atoms with Gasteiger partial charge in [0.05, 0.1) is 0 Å². The molecule has 0 saturated carbocycles. The van der Waals surface area contributed by atoms with Crippen LogP contribution in [0, 0.1) is 4.91 Å². The van der Waals surface area contributed by atoms with E-state index in [-0.39, 0.29) is 21.8 Å². The van der Waals surface area contributed by atoms with Crippen molar-refractivity contribution in [1.82, 2.24) is 15.0 Å². The Kier molecular flexibility index (Phi) is 4.47. The molecule has 1 aromatic heterocycles. The Morgan fingerprint density at radius 2 is 1.67 bits per heavy atom. The molecule has 0 aliphatic heterocycles. The molecule has 0 aliphatic rings. The van der Waals surface area contributed by atoms with Gasteiger partial charge in [-0.05, 0) is 34.4 Å². The second kappa shape index (κ2) is 5.98. The molecule has 1 heterocycles. The number of aromatic nitrogens is 3. The van der Waals surface area contributed by atoms with Crippen molar-refractivity contribution < 1.29 is 13.0 Å². The fourth-order valence-corrected chi connectivity index (χ4v) is 2.95. The van der Waals surface area contributed by atoms with Crippen LogP contribution < -0.4 is 0 Å². The molecule has 0 spiro atoms. The summed E-state index contributed by atoms with van der Waals surface area (Å²) in [4.78, 5) is 21.5. The maximum absolute atomic E-state index is 11.6. The van der Waals surface area contributed by atoms with Crippen LogP contribution in [-0.2, 0) is 10.1 Å². The fourth-order valence-electron chi connectivity index (χ4n) is 1.68. The molecular weight excluding hydrogens is 343 g/mol. The van der Waals surface area contributed by atoms with Crippen molar-refractivity contribution in [2.45, 2.75) is 5.25 Å². The van der Waals surface area contributed by atoms with Crippen molar-refractivity contribution in [3.05, 3.63) is 51.1 Å². The molecule has 110 valence electrons. The van der Waals surface area contributed by atoms with E-state index in [1.54, 1.807) is 0 Å². The first-order valence-corrected chi connectivity index (χ1v) is 7.54. The molecule has 0 amide bonds. The lowest BCUT2D eigenvalue weighted by molar-refractivity contribution is 0.473. The molecule has 1 aromatic carbocycles. The molecule has 0 bridgehead atoms. The van der Waals surface area contributed by atoms with Gasteiger partial charge in [-0.3, -0.25) is 4.55 Å². The molecule has 1 N–H and O–H groups in total. The normalized spacial score (nSPS) is 12.9. The Morgan fingerprint density at radius 3 is 2.19 bits per heavy atom. The van der Waals surface area contributed by atoms with E-state index in [1.807, 2.05) is 0 Å². The Hall–Kier alpha value is -1.68. The SMILES string of the molecule is O=Nc1ccccc1C(c1nc(Cl)nc(Cl)n1)S(=O)(=O)O. The Morgan fingerprint density at radius 1 is 1.10 bits per heavy atom. The van der Waals surface area contributed by atoms with Crippen LogP contribution in [0.4, 0.5) is 5.69 Å². The molecular formula is C10H6Cl2N4O4S. The van der Waals surface area contributed by atoms with Gasteiger partial charge in [0, 0.05) is 5.56 Å². The van der Waals surface area contributed by atoms with E-state index in [0.717, 1.165) is 0 Å². The largest absolute Gasteiger partial charge is 0.285 e. The third-order valence-corrected chi connectivity index (χ3v) is 3.85. The van der Waals surface area contributed by atoms with Gasteiger partial charge in [-0.2, -0.15) is 13.4 Å². The van der Waals surface area contributed by atoms with Gasteiger partial charge in [-0.25, -0.2) is 9.97 Å². The summed E-state index contributed by atoms with van der Waals surface area (Å²) in [5.41, 5.74) is -0.291. The lowest BCUT2D eigenvalue weighted by Gasteiger charge is -2.14. The molecule has 1 atom stereocenters. The van der Waals surface area contributed by atoms with Crippen molar-refractivity contribution in [2.75, 3.05) is 0 Å². The zero-order valence-electron chi connectivity index (χ0n) is 10.0. The second-order valence-corrected chi connectivity index (χ2v) is 5.95. The predicted molar refractivity (Wildman–Crippen MR) is 75.1 cm³/mol. The highest BCUT2D eigenvalue weighted by molar-refractivity contribution is 7.86. The Balaban J connectivity index is 2.73. The van der Waals surface area contributed by atoms with Crippen LogP contribution in [0.15, 0.2) is 29.4 Å². The lowest BCUT2D eigenvalue weighted by Crippen LogP contribution is -2.17. The summed E-state index contributed by atoms with van der Waals surface area (Å²) >= 11 is 11.2. The van der Waals surface area contributed by atoms with Crippen molar-refractivity contribution in [3.8, 4) is 0 Å². The molecule has 2 aromatic rings. The van der Waals surface area contributed by atoms with E-state index >= 15 is 0 Å². The Labute approximate surface area is 128 Å². The van der Waals surface area contributed by atoms with Crippen molar-refractivity contribution >= 4 is 39.0 Å². The minimum Gasteiger partial charge on any atom is -0.285 e. The second-order valence-electron chi connectivity index (χ2n) is 3.78. The summed E-state index contributed by atoms with van der Waals surface area (Å²) in [6.45, 7) is 0. The number of nitroso groups, excluding NO2 is 1. The van der Waals surface area contributed by atoms with Crippen molar-refractivity contribution in [2.24, 2.45) is 5.18 Å². The van der Waals surface area contributed by atoms with E-state index in [4.69, 9.17) is 23.2 Å². The first-order valence-electron chi connectivity index (χ1n) is 5.28. The standard InChI is InChI=1S/C10H6Cl2N4O4S/c11-9-13-8(14-10(12)15-9)7(21(18,19)20)5-3-1-2-4-6(5)16-17/h1-4,7H,(H,18,19,20). The molecule has 0 aliphatic carbocycles. The molecule has 11 heteroatoms. The van der Waals surface area contributed by atoms with E-state index in [2.05, 4.69) is 20.1 Å². The van der Waals surface area contributed by atoms with Gasteiger partial charge in [0.2, 0.25) is 10.6 Å². The van der Waals surface area contributed by atoms with Gasteiger partial charge in [0.1, 0.15) is 5.69 Å². The van der Waals surface area contributed by atoms with Crippen LogP contribution in [0.3, 0.4) is 0 Å². The number of rotatable bonds is 4. The van der Waals surface area contributed by atoms with Crippen LogP contribution in [0.5, 0.6) is 0 Å². The first-order chi connectivity index (χ1) is 9.82. The van der Waals surface area contributed by atoms with Gasteiger partial charge >= 0.3 is 0 Å². The monoisotopic (exact) mass is 348 g/mol. The van der Waals surface area contributed by atoms with Gasteiger partial charge in [0.25, 0.3) is 10.1 Å². The average molecular weight is 349 g/mol. The van der Waals surface area contributed by atoms with E-state index in [1.165, 1.54) is 24.3 Å². The third-order valence-electron chi connectivity index (χ3n) is 2.45. The molecule has 1 unspecified atom stereocenters. The van der Waals surface area contributed by atoms with Crippen LogP contribution in [0.1, 0.15) is 16.6 Å². The Bertz CT molecular complexity index is 779. The summed E-state index contributed by atoms with van der Waals surface area (Å²) in [7, 11) is -4.71. The smallest absolute Gasteiger partial charge is 0.279 e. The minimum atomic E-state index is -4.71. The topological polar surface area (TPSA) is 122 Å². The molecule has 0 saturated heterocycles. The number of hydrogen-bond acceptors (Lipinski definition) is 7. The first kappa shape index (κ1) is 15.7. The highest BCUT2D eigenvalue weighted by Gasteiger charge is 2.33. The van der Waals surface area contributed by atoms with Crippen molar-refractivity contribution in [1.29, 1.82) is 0 Å². The highest BCUT2D eigenvalue weighted by atomic mass is 35.5. The fraction of sp³-hybridized carbons (Fsp3) is 0.100.